The Morgan fingerprint density at radius 3 is 2.52 bits per heavy atom. The van der Waals surface area contributed by atoms with Gasteiger partial charge in [-0.1, -0.05) is 36.9 Å². The van der Waals surface area contributed by atoms with Crippen molar-refractivity contribution in [3.63, 3.8) is 0 Å². The third-order valence-electron chi connectivity index (χ3n) is 2.54. The largest absolute Gasteiger partial charge is 0.465 e. The summed E-state index contributed by atoms with van der Waals surface area (Å²) in [6.07, 6.45) is 3.30. The van der Waals surface area contributed by atoms with Crippen LogP contribution in [0.2, 0.25) is 0 Å². The van der Waals surface area contributed by atoms with E-state index < -0.39 is 12.0 Å². The van der Waals surface area contributed by atoms with Crippen LogP contribution in [0.3, 0.4) is 0 Å². The predicted molar refractivity (Wildman–Crippen MR) is 81.9 cm³/mol. The number of hydrogen-bond donors (Lipinski definition) is 1. The molecule has 0 bridgehead atoms. The summed E-state index contributed by atoms with van der Waals surface area (Å²) >= 11 is 0. The van der Waals surface area contributed by atoms with Gasteiger partial charge in [0, 0.05) is 7.05 Å². The standard InChI is InChI=1S/C15H19N3O3/c1-4-12-6-8-13(9-7-12)10-17-18(3)15(20)16-11-14(19)21-5-2/h4,6-10H,1,5,11H2,2-3H3,(H,16,20)/b17-10+. The van der Waals surface area contributed by atoms with E-state index in [1.165, 1.54) is 7.05 Å². The molecule has 0 aliphatic rings. The molecular weight excluding hydrogens is 270 g/mol. The van der Waals surface area contributed by atoms with Gasteiger partial charge in [0.2, 0.25) is 0 Å². The maximum absolute atomic E-state index is 11.7. The molecule has 1 aromatic carbocycles. The number of ether oxygens (including phenoxy) is 1. The normalized spacial score (nSPS) is 10.2. The van der Waals surface area contributed by atoms with Gasteiger partial charge in [-0.15, -0.1) is 0 Å². The zero-order chi connectivity index (χ0) is 15.7. The summed E-state index contributed by atoms with van der Waals surface area (Å²) in [5.41, 5.74) is 1.86. The van der Waals surface area contributed by atoms with Crippen LogP contribution in [-0.4, -0.2) is 43.4 Å². The maximum Gasteiger partial charge on any atom is 0.338 e. The number of hydrazone groups is 1. The zero-order valence-corrected chi connectivity index (χ0v) is 12.2. The highest BCUT2D eigenvalue weighted by molar-refractivity contribution is 5.83. The molecule has 1 rings (SSSR count). The molecule has 0 fully saturated rings. The van der Waals surface area contributed by atoms with Crippen LogP contribution in [-0.2, 0) is 9.53 Å². The average Bonchev–Trinajstić information content (AvgIpc) is 2.51. The number of rotatable bonds is 6. The van der Waals surface area contributed by atoms with Crippen molar-refractivity contribution in [1.82, 2.24) is 10.3 Å². The molecule has 0 aliphatic carbocycles. The summed E-state index contributed by atoms with van der Waals surface area (Å²) in [5, 5.41) is 7.51. The molecule has 6 heteroatoms. The van der Waals surface area contributed by atoms with Crippen LogP contribution in [0.4, 0.5) is 4.79 Å². The van der Waals surface area contributed by atoms with Gasteiger partial charge < -0.3 is 10.1 Å². The quantitative estimate of drug-likeness (QED) is 0.493. The van der Waals surface area contributed by atoms with E-state index in [2.05, 4.69) is 17.0 Å². The predicted octanol–water partition coefficient (Wildman–Crippen LogP) is 1.87. The van der Waals surface area contributed by atoms with E-state index in [-0.39, 0.29) is 13.2 Å². The second kappa shape index (κ2) is 8.52. The van der Waals surface area contributed by atoms with E-state index >= 15 is 0 Å². The molecule has 1 N–H and O–H groups in total. The molecule has 0 atom stereocenters. The molecule has 0 saturated carbocycles. The summed E-state index contributed by atoms with van der Waals surface area (Å²) in [6.45, 7) is 5.48. The van der Waals surface area contributed by atoms with Crippen molar-refractivity contribution in [2.24, 2.45) is 5.10 Å². The van der Waals surface area contributed by atoms with E-state index in [1.807, 2.05) is 24.3 Å². The number of nitrogens with one attached hydrogen (secondary N) is 1. The van der Waals surface area contributed by atoms with Gasteiger partial charge >= 0.3 is 12.0 Å². The molecule has 1 aromatic rings. The molecule has 0 radical (unpaired) electrons. The molecule has 0 aliphatic heterocycles. The van der Waals surface area contributed by atoms with Gasteiger partial charge in [0.15, 0.2) is 0 Å². The second-order valence-corrected chi connectivity index (χ2v) is 4.10. The maximum atomic E-state index is 11.7. The lowest BCUT2D eigenvalue weighted by Crippen LogP contribution is -2.37. The molecule has 0 heterocycles. The summed E-state index contributed by atoms with van der Waals surface area (Å²) in [6, 6.07) is 7.04. The third kappa shape index (κ3) is 5.90. The lowest BCUT2D eigenvalue weighted by molar-refractivity contribution is -0.141. The summed E-state index contributed by atoms with van der Waals surface area (Å²) < 4.78 is 4.70. The molecule has 0 spiro atoms. The van der Waals surface area contributed by atoms with Crippen molar-refractivity contribution in [3.05, 3.63) is 42.0 Å². The minimum atomic E-state index is -0.484. The average molecular weight is 289 g/mol. The molecule has 2 amide bonds. The van der Waals surface area contributed by atoms with Crippen molar-refractivity contribution >= 4 is 24.3 Å². The van der Waals surface area contributed by atoms with Crippen molar-refractivity contribution in [1.29, 1.82) is 0 Å². The van der Waals surface area contributed by atoms with Crippen LogP contribution < -0.4 is 5.32 Å². The lowest BCUT2D eigenvalue weighted by Gasteiger charge is -2.11. The molecule has 0 aromatic heterocycles. The number of nitrogens with zero attached hydrogens (tertiary/aromatic N) is 2. The molecule has 21 heavy (non-hydrogen) atoms. The minimum Gasteiger partial charge on any atom is -0.465 e. The fourth-order valence-corrected chi connectivity index (χ4v) is 1.40. The van der Waals surface area contributed by atoms with Crippen LogP contribution >= 0.6 is 0 Å². The van der Waals surface area contributed by atoms with Crippen molar-refractivity contribution in [2.75, 3.05) is 20.2 Å². The minimum absolute atomic E-state index is 0.180. The Morgan fingerprint density at radius 1 is 1.33 bits per heavy atom. The van der Waals surface area contributed by atoms with E-state index in [0.29, 0.717) is 0 Å². The summed E-state index contributed by atoms with van der Waals surface area (Å²) in [5.74, 6) is -0.483. The highest BCUT2D eigenvalue weighted by Gasteiger charge is 2.09. The molecule has 6 nitrogen and oxygen atoms in total. The number of benzene rings is 1. The van der Waals surface area contributed by atoms with Crippen LogP contribution in [0.15, 0.2) is 35.9 Å². The first kappa shape index (κ1) is 16.4. The van der Waals surface area contributed by atoms with E-state index in [1.54, 1.807) is 19.2 Å². The van der Waals surface area contributed by atoms with Crippen LogP contribution in [0.5, 0.6) is 0 Å². The molecule has 0 saturated heterocycles. The van der Waals surface area contributed by atoms with Crippen LogP contribution in [0.25, 0.3) is 6.08 Å². The smallest absolute Gasteiger partial charge is 0.338 e. The van der Waals surface area contributed by atoms with Crippen molar-refractivity contribution in [3.8, 4) is 0 Å². The first-order valence-electron chi connectivity index (χ1n) is 6.50. The fourth-order valence-electron chi connectivity index (χ4n) is 1.40. The van der Waals surface area contributed by atoms with Crippen molar-refractivity contribution < 1.29 is 14.3 Å². The lowest BCUT2D eigenvalue weighted by atomic mass is 10.1. The Kier molecular flexibility index (Phi) is 6.67. The first-order valence-corrected chi connectivity index (χ1v) is 6.50. The number of hydrogen-bond acceptors (Lipinski definition) is 4. The Balaban J connectivity index is 2.48. The van der Waals surface area contributed by atoms with Crippen molar-refractivity contribution in [2.45, 2.75) is 6.92 Å². The van der Waals surface area contributed by atoms with Gasteiger partial charge in [-0.05, 0) is 18.1 Å². The van der Waals surface area contributed by atoms with Gasteiger partial charge in [0.05, 0.1) is 12.8 Å². The molecule has 112 valence electrons. The van der Waals surface area contributed by atoms with Gasteiger partial charge in [-0.2, -0.15) is 5.10 Å². The first-order chi connectivity index (χ1) is 10.1. The van der Waals surface area contributed by atoms with Gasteiger partial charge in [0.25, 0.3) is 0 Å². The number of urea groups is 1. The van der Waals surface area contributed by atoms with Gasteiger partial charge in [0.1, 0.15) is 6.54 Å². The third-order valence-corrected chi connectivity index (χ3v) is 2.54. The van der Waals surface area contributed by atoms with Crippen LogP contribution in [0.1, 0.15) is 18.1 Å². The highest BCUT2D eigenvalue weighted by Crippen LogP contribution is 2.03. The van der Waals surface area contributed by atoms with E-state index in [4.69, 9.17) is 4.74 Å². The van der Waals surface area contributed by atoms with Gasteiger partial charge in [-0.25, -0.2) is 9.80 Å². The Morgan fingerprint density at radius 2 is 1.95 bits per heavy atom. The van der Waals surface area contributed by atoms with E-state index in [9.17, 15) is 9.59 Å². The Hall–Kier alpha value is -2.63. The second-order valence-electron chi connectivity index (χ2n) is 4.10. The Bertz CT molecular complexity index is 523. The SMILES string of the molecule is C=Cc1ccc(/C=N/N(C)C(=O)NCC(=O)OCC)cc1. The number of esters is 1. The monoisotopic (exact) mass is 289 g/mol. The molecule has 0 unspecified atom stereocenters. The highest BCUT2D eigenvalue weighted by atomic mass is 16.5. The number of carbonyl (C=O) groups is 2. The van der Waals surface area contributed by atoms with Crippen LogP contribution in [0, 0.1) is 0 Å². The number of carbonyl (C=O) groups excluding carboxylic acids is 2. The van der Waals surface area contributed by atoms with E-state index in [0.717, 1.165) is 16.1 Å². The summed E-state index contributed by atoms with van der Waals surface area (Å²) in [7, 11) is 1.50. The number of amides is 2. The zero-order valence-electron chi connectivity index (χ0n) is 12.2. The summed E-state index contributed by atoms with van der Waals surface area (Å²) in [4.78, 5) is 22.8. The Labute approximate surface area is 124 Å². The van der Waals surface area contributed by atoms with Gasteiger partial charge in [-0.3, -0.25) is 4.79 Å². The topological polar surface area (TPSA) is 71.0 Å². The molecular formula is C15H19N3O3. The fraction of sp³-hybridized carbons (Fsp3) is 0.267.